The summed E-state index contributed by atoms with van der Waals surface area (Å²) in [6.07, 6.45) is 2.62. The number of methoxy groups -OCH3 is 2. The molecule has 9 heteroatoms. The molecule has 1 aromatic carbocycles. The second-order valence-electron chi connectivity index (χ2n) is 7.07. The van der Waals surface area contributed by atoms with Crippen LogP contribution in [0.4, 0.5) is 4.79 Å². The van der Waals surface area contributed by atoms with E-state index in [9.17, 15) is 14.4 Å². The smallest absolute Gasteiger partial charge is 0.330 e. The Bertz CT molecular complexity index is 778. The minimum Gasteiger partial charge on any atom is -0.493 e. The topological polar surface area (TPSA) is 102 Å². The second-order valence-corrected chi connectivity index (χ2v) is 7.07. The lowest BCUT2D eigenvalue weighted by molar-refractivity contribution is -0.858. The number of hydrogen-bond acceptors (Lipinski definition) is 6. The highest BCUT2D eigenvalue weighted by molar-refractivity contribution is 6.23. The van der Waals surface area contributed by atoms with Crippen molar-refractivity contribution in [2.75, 3.05) is 47.9 Å². The molecule has 0 saturated carbocycles. The van der Waals surface area contributed by atoms with Gasteiger partial charge in [-0.05, 0) is 24.1 Å². The molecule has 0 spiro atoms. The highest BCUT2D eigenvalue weighted by Gasteiger charge is 2.39. The van der Waals surface area contributed by atoms with Crippen LogP contribution in [0.3, 0.4) is 0 Å². The van der Waals surface area contributed by atoms with Crippen LogP contribution >= 0.6 is 0 Å². The van der Waals surface area contributed by atoms with Gasteiger partial charge in [-0.3, -0.25) is 24.8 Å². The number of ether oxygens (including phenoxy) is 2. The van der Waals surface area contributed by atoms with Crippen LogP contribution < -0.4 is 19.7 Å². The van der Waals surface area contributed by atoms with Crippen LogP contribution in [0, 0.1) is 5.92 Å². The van der Waals surface area contributed by atoms with Crippen molar-refractivity contribution in [2.24, 2.45) is 10.9 Å². The van der Waals surface area contributed by atoms with E-state index in [4.69, 9.17) is 9.47 Å². The third kappa shape index (κ3) is 6.02. The summed E-state index contributed by atoms with van der Waals surface area (Å²) in [7, 11) is 7.18. The molecule has 0 aromatic heterocycles. The lowest BCUT2D eigenvalue weighted by Gasteiger charge is -2.28. The van der Waals surface area contributed by atoms with Gasteiger partial charge in [0, 0.05) is 25.7 Å². The van der Waals surface area contributed by atoms with E-state index in [1.807, 2.05) is 20.2 Å². The molecule has 0 aliphatic carbocycles. The van der Waals surface area contributed by atoms with Gasteiger partial charge in [-0.1, -0.05) is 6.07 Å². The van der Waals surface area contributed by atoms with Gasteiger partial charge in [-0.15, -0.1) is 0 Å². The molecule has 1 saturated heterocycles. The van der Waals surface area contributed by atoms with E-state index in [0.29, 0.717) is 24.5 Å². The summed E-state index contributed by atoms with van der Waals surface area (Å²) in [5.74, 6) is -1.10. The zero-order valence-electron chi connectivity index (χ0n) is 17.4. The number of amides is 4. The van der Waals surface area contributed by atoms with E-state index < -0.39 is 23.8 Å². The number of nitrogens with one attached hydrogen (secondary N) is 2. The molecule has 1 aliphatic heterocycles. The number of rotatable bonds is 10. The summed E-state index contributed by atoms with van der Waals surface area (Å²) in [4.78, 5) is 43.4. The first-order chi connectivity index (χ1) is 13.9. The van der Waals surface area contributed by atoms with Crippen molar-refractivity contribution in [2.45, 2.75) is 12.8 Å². The molecule has 9 nitrogen and oxygen atoms in total. The predicted molar refractivity (Wildman–Crippen MR) is 108 cm³/mol. The highest BCUT2D eigenvalue weighted by Crippen LogP contribution is 2.27. The fourth-order valence-electron chi connectivity index (χ4n) is 2.95. The maximum absolute atomic E-state index is 12.7. The average Bonchev–Trinajstić information content (AvgIpc) is 2.69. The maximum Gasteiger partial charge on any atom is 0.330 e. The van der Waals surface area contributed by atoms with Gasteiger partial charge >= 0.3 is 6.03 Å². The molecular formula is C20H29N4O5+. The molecule has 2 N–H and O–H groups in total. The first kappa shape index (κ1) is 22.4. The van der Waals surface area contributed by atoms with Crippen molar-refractivity contribution in [3.63, 3.8) is 0 Å². The van der Waals surface area contributed by atoms with Crippen LogP contribution in [-0.4, -0.2) is 76.9 Å². The monoisotopic (exact) mass is 405 g/mol. The van der Waals surface area contributed by atoms with Gasteiger partial charge in [-0.25, -0.2) is 4.79 Å². The number of urea groups is 1. The Hall–Kier alpha value is -2.94. The molecular weight excluding hydrogens is 376 g/mol. The van der Waals surface area contributed by atoms with Crippen LogP contribution in [0.2, 0.25) is 0 Å². The molecule has 1 fully saturated rings. The summed E-state index contributed by atoms with van der Waals surface area (Å²) in [6.45, 7) is 1.61. The van der Waals surface area contributed by atoms with Crippen LogP contribution in [0.15, 0.2) is 23.2 Å². The van der Waals surface area contributed by atoms with Crippen molar-refractivity contribution in [3.8, 4) is 11.5 Å². The van der Waals surface area contributed by atoms with Crippen molar-refractivity contribution < 1.29 is 28.8 Å². The van der Waals surface area contributed by atoms with E-state index in [2.05, 4.69) is 10.3 Å². The predicted octanol–water partition coefficient (Wildman–Crippen LogP) is -0.454. The van der Waals surface area contributed by atoms with E-state index >= 15 is 0 Å². The Labute approximate surface area is 170 Å². The SMILES string of the molecule is COc1ccc(CCN2C(=O)NC(=O)C(C=NCCC[NH+](C)C)C2=O)cc1OC. The number of hydrogen-bond donors (Lipinski definition) is 2. The molecule has 1 atom stereocenters. The highest BCUT2D eigenvalue weighted by atomic mass is 16.5. The summed E-state index contributed by atoms with van der Waals surface area (Å²) in [5, 5.41) is 2.23. The van der Waals surface area contributed by atoms with Gasteiger partial charge in [0.25, 0.3) is 0 Å². The van der Waals surface area contributed by atoms with Gasteiger partial charge in [0.1, 0.15) is 0 Å². The van der Waals surface area contributed by atoms with Gasteiger partial charge in [0.2, 0.25) is 11.8 Å². The summed E-state index contributed by atoms with van der Waals surface area (Å²) >= 11 is 0. The number of quaternary nitrogens is 1. The van der Waals surface area contributed by atoms with Crippen molar-refractivity contribution >= 4 is 24.1 Å². The largest absolute Gasteiger partial charge is 0.493 e. The number of barbiturate groups is 1. The average molecular weight is 405 g/mol. The second kappa shape index (κ2) is 10.6. The van der Waals surface area contributed by atoms with Gasteiger partial charge in [0.05, 0.1) is 34.9 Å². The molecule has 4 amide bonds. The number of benzene rings is 1. The minimum absolute atomic E-state index is 0.141. The Balaban J connectivity index is 2.00. The Morgan fingerprint density at radius 2 is 1.90 bits per heavy atom. The van der Waals surface area contributed by atoms with E-state index in [0.717, 1.165) is 23.4 Å². The lowest BCUT2D eigenvalue weighted by atomic mass is 10.1. The van der Waals surface area contributed by atoms with Crippen LogP contribution in [0.1, 0.15) is 12.0 Å². The molecule has 2 rings (SSSR count). The first-order valence-electron chi connectivity index (χ1n) is 9.53. The summed E-state index contributed by atoms with van der Waals surface area (Å²) in [6, 6.07) is 4.69. The molecule has 1 aromatic rings. The first-order valence-corrected chi connectivity index (χ1v) is 9.53. The van der Waals surface area contributed by atoms with Crippen LogP contribution in [-0.2, 0) is 16.0 Å². The summed E-state index contributed by atoms with van der Waals surface area (Å²) in [5.41, 5.74) is 0.872. The fourth-order valence-corrected chi connectivity index (χ4v) is 2.95. The third-order valence-electron chi connectivity index (χ3n) is 4.58. The number of carbonyl (C=O) groups excluding carboxylic acids is 3. The van der Waals surface area contributed by atoms with Crippen molar-refractivity contribution in [1.29, 1.82) is 0 Å². The van der Waals surface area contributed by atoms with Gasteiger partial charge < -0.3 is 14.4 Å². The molecule has 1 heterocycles. The zero-order valence-corrected chi connectivity index (χ0v) is 17.4. The number of aliphatic imine (C=N–C) groups is 1. The Morgan fingerprint density at radius 3 is 2.55 bits per heavy atom. The van der Waals surface area contributed by atoms with Crippen molar-refractivity contribution in [3.05, 3.63) is 23.8 Å². The Morgan fingerprint density at radius 1 is 1.17 bits per heavy atom. The number of nitrogens with zero attached hydrogens (tertiary/aromatic N) is 2. The molecule has 1 aliphatic rings. The molecule has 0 radical (unpaired) electrons. The lowest BCUT2D eigenvalue weighted by Crippen LogP contribution is -3.05. The molecule has 29 heavy (non-hydrogen) atoms. The van der Waals surface area contributed by atoms with Crippen molar-refractivity contribution in [1.82, 2.24) is 10.2 Å². The van der Waals surface area contributed by atoms with E-state index in [-0.39, 0.29) is 6.54 Å². The number of imide groups is 2. The summed E-state index contributed by atoms with van der Waals surface area (Å²) < 4.78 is 10.5. The van der Waals surface area contributed by atoms with E-state index in [1.54, 1.807) is 26.4 Å². The third-order valence-corrected chi connectivity index (χ3v) is 4.58. The van der Waals surface area contributed by atoms with Crippen LogP contribution in [0.5, 0.6) is 11.5 Å². The van der Waals surface area contributed by atoms with Gasteiger partial charge in [0.15, 0.2) is 17.4 Å². The Kier molecular flexibility index (Phi) is 8.14. The van der Waals surface area contributed by atoms with Gasteiger partial charge in [-0.2, -0.15) is 0 Å². The molecule has 1 unspecified atom stereocenters. The standard InChI is InChI=1S/C20H28N4O5/c1-23(2)10-5-9-21-13-15-18(25)22-20(27)24(19(15)26)11-8-14-6-7-16(28-3)17(12-14)29-4/h6-7,12-13,15H,5,8-11H2,1-4H3,(H,22,25,27)/p+1. The van der Waals surface area contributed by atoms with E-state index in [1.165, 1.54) is 11.1 Å². The minimum atomic E-state index is -1.08. The maximum atomic E-state index is 12.7. The van der Waals surface area contributed by atoms with Crippen LogP contribution in [0.25, 0.3) is 0 Å². The quantitative estimate of drug-likeness (QED) is 0.312. The fraction of sp³-hybridized carbons (Fsp3) is 0.500. The normalized spacial score (nSPS) is 17.2. The number of carbonyl (C=O) groups is 3. The molecule has 0 bridgehead atoms. The molecule has 158 valence electrons. The zero-order chi connectivity index (χ0) is 21.4.